The van der Waals surface area contributed by atoms with Crippen LogP contribution < -0.4 is 9.46 Å². The Hall–Kier alpha value is -3.33. The lowest BCUT2D eigenvalue weighted by Crippen LogP contribution is -2.14. The van der Waals surface area contributed by atoms with Crippen LogP contribution in [0.4, 0.5) is 5.69 Å². The Kier molecular flexibility index (Phi) is 4.75. The van der Waals surface area contributed by atoms with Gasteiger partial charge >= 0.3 is 0 Å². The van der Waals surface area contributed by atoms with Crippen molar-refractivity contribution in [3.8, 4) is 17.0 Å². The number of aryl methyl sites for hydroxylation is 2. The van der Waals surface area contributed by atoms with Crippen LogP contribution in [-0.4, -0.2) is 34.5 Å². The Morgan fingerprint density at radius 3 is 2.66 bits per heavy atom. The summed E-state index contributed by atoms with van der Waals surface area (Å²) in [5.74, 6) is 1.05. The molecule has 0 aliphatic heterocycles. The Morgan fingerprint density at radius 1 is 1.14 bits per heavy atom. The lowest BCUT2D eigenvalue weighted by molar-refractivity contribution is 0.417. The Morgan fingerprint density at radius 2 is 1.97 bits per heavy atom. The number of nitrogens with zero attached hydrogens (tertiary/aromatic N) is 4. The summed E-state index contributed by atoms with van der Waals surface area (Å²) in [6.45, 7) is 4.34. The van der Waals surface area contributed by atoms with E-state index in [1.807, 2.05) is 48.0 Å². The number of methoxy groups -OCH3 is 1. The van der Waals surface area contributed by atoms with Gasteiger partial charge in [-0.1, -0.05) is 6.07 Å². The minimum atomic E-state index is -3.87. The molecular formula is C20H21N5O3S. The zero-order valence-electron chi connectivity index (χ0n) is 16.3. The van der Waals surface area contributed by atoms with Crippen molar-refractivity contribution in [2.75, 3.05) is 11.8 Å². The summed E-state index contributed by atoms with van der Waals surface area (Å²) in [6, 6.07) is 11.0. The lowest BCUT2D eigenvalue weighted by atomic mass is 10.1. The van der Waals surface area contributed by atoms with Gasteiger partial charge in [0.15, 0.2) is 5.03 Å². The van der Waals surface area contributed by atoms with E-state index in [1.54, 1.807) is 23.6 Å². The molecule has 4 aromatic rings. The van der Waals surface area contributed by atoms with Gasteiger partial charge in [-0.2, -0.15) is 8.42 Å². The van der Waals surface area contributed by atoms with E-state index in [0.717, 1.165) is 16.9 Å². The molecule has 0 saturated heterocycles. The average Bonchev–Trinajstić information content (AvgIpc) is 3.31. The third kappa shape index (κ3) is 3.56. The van der Waals surface area contributed by atoms with Gasteiger partial charge in [-0.05, 0) is 44.2 Å². The fourth-order valence-electron chi connectivity index (χ4n) is 3.15. The molecule has 9 heteroatoms. The Bertz CT molecular complexity index is 1260. The maximum Gasteiger partial charge on any atom is 0.281 e. The molecule has 3 aromatic heterocycles. The molecule has 8 nitrogen and oxygen atoms in total. The minimum Gasteiger partial charge on any atom is -0.495 e. The van der Waals surface area contributed by atoms with Crippen LogP contribution in [0.1, 0.15) is 12.7 Å². The largest absolute Gasteiger partial charge is 0.495 e. The van der Waals surface area contributed by atoms with Crippen LogP contribution >= 0.6 is 0 Å². The van der Waals surface area contributed by atoms with E-state index in [0.29, 0.717) is 23.8 Å². The molecule has 0 saturated carbocycles. The second kappa shape index (κ2) is 7.25. The van der Waals surface area contributed by atoms with Crippen molar-refractivity contribution in [2.24, 2.45) is 0 Å². The number of hydrogen-bond acceptors (Lipinski definition) is 5. The standard InChI is InChI=1S/C20H21N5O3S/c1-4-24-13-20(21-14(24)2)29(26,27)23-16-11-15(8-9-18(16)28-3)17-12-25-10-6-5-7-19(25)22-17/h5-13,23H,4H2,1-3H3. The summed E-state index contributed by atoms with van der Waals surface area (Å²) in [5, 5.41) is -0.0305. The molecule has 1 N–H and O–H groups in total. The number of anilines is 1. The third-order valence-electron chi connectivity index (χ3n) is 4.67. The number of imidazole rings is 2. The van der Waals surface area contributed by atoms with Crippen LogP contribution in [0.2, 0.25) is 0 Å². The fourth-order valence-corrected chi connectivity index (χ4v) is 4.22. The Balaban J connectivity index is 1.73. The summed E-state index contributed by atoms with van der Waals surface area (Å²) in [6.07, 6.45) is 5.32. The number of nitrogens with one attached hydrogen (secondary N) is 1. The first-order valence-electron chi connectivity index (χ1n) is 9.10. The van der Waals surface area contributed by atoms with E-state index in [2.05, 4.69) is 14.7 Å². The molecule has 0 atom stereocenters. The van der Waals surface area contributed by atoms with Crippen LogP contribution in [0.15, 0.2) is 60.0 Å². The van der Waals surface area contributed by atoms with Crippen LogP contribution in [-0.2, 0) is 16.6 Å². The molecule has 0 amide bonds. The number of sulfonamides is 1. The average molecular weight is 411 g/mol. The number of benzene rings is 1. The highest BCUT2D eigenvalue weighted by atomic mass is 32.2. The quantitative estimate of drug-likeness (QED) is 0.526. The normalized spacial score (nSPS) is 11.7. The first-order valence-corrected chi connectivity index (χ1v) is 10.6. The van der Waals surface area contributed by atoms with Gasteiger partial charge in [0.1, 0.15) is 17.2 Å². The van der Waals surface area contributed by atoms with Crippen LogP contribution in [0.25, 0.3) is 16.9 Å². The van der Waals surface area contributed by atoms with E-state index in [4.69, 9.17) is 4.74 Å². The third-order valence-corrected chi connectivity index (χ3v) is 5.91. The van der Waals surface area contributed by atoms with Crippen molar-refractivity contribution in [3.63, 3.8) is 0 Å². The summed E-state index contributed by atoms with van der Waals surface area (Å²) in [7, 11) is -2.38. The van der Waals surface area contributed by atoms with Crippen molar-refractivity contribution >= 4 is 21.4 Å². The van der Waals surface area contributed by atoms with Gasteiger partial charge < -0.3 is 13.7 Å². The van der Waals surface area contributed by atoms with Gasteiger partial charge in [-0.25, -0.2) is 9.97 Å². The molecule has 0 aliphatic rings. The molecule has 150 valence electrons. The molecule has 4 rings (SSSR count). The highest BCUT2D eigenvalue weighted by Crippen LogP contribution is 2.32. The highest BCUT2D eigenvalue weighted by Gasteiger charge is 2.21. The Labute approximate surface area is 168 Å². The summed E-state index contributed by atoms with van der Waals surface area (Å²) in [4.78, 5) is 8.76. The van der Waals surface area contributed by atoms with Crippen molar-refractivity contribution in [1.29, 1.82) is 0 Å². The first-order chi connectivity index (χ1) is 13.9. The summed E-state index contributed by atoms with van der Waals surface area (Å²) in [5.41, 5.74) is 2.62. The lowest BCUT2D eigenvalue weighted by Gasteiger charge is -2.12. The number of pyridine rings is 1. The maximum absolute atomic E-state index is 12.9. The zero-order chi connectivity index (χ0) is 20.6. The molecule has 0 unspecified atom stereocenters. The zero-order valence-corrected chi connectivity index (χ0v) is 17.1. The number of aromatic nitrogens is 4. The second-order valence-corrected chi connectivity index (χ2v) is 8.15. The monoisotopic (exact) mass is 411 g/mol. The van der Waals surface area contributed by atoms with Gasteiger partial charge in [-0.3, -0.25) is 4.72 Å². The topological polar surface area (TPSA) is 90.5 Å². The molecular weight excluding hydrogens is 390 g/mol. The molecule has 0 aliphatic carbocycles. The molecule has 29 heavy (non-hydrogen) atoms. The van der Waals surface area contributed by atoms with Crippen LogP contribution in [0, 0.1) is 6.92 Å². The SMILES string of the molecule is CCn1cc(S(=O)(=O)Nc2cc(-c3cn4ccccc4n3)ccc2OC)nc1C. The molecule has 1 aromatic carbocycles. The van der Waals surface area contributed by atoms with Gasteiger partial charge in [0.2, 0.25) is 0 Å². The number of ether oxygens (including phenoxy) is 1. The summed E-state index contributed by atoms with van der Waals surface area (Å²) >= 11 is 0. The van der Waals surface area contributed by atoms with Gasteiger partial charge in [-0.15, -0.1) is 0 Å². The highest BCUT2D eigenvalue weighted by molar-refractivity contribution is 7.92. The van der Waals surface area contributed by atoms with Crippen LogP contribution in [0.3, 0.4) is 0 Å². The summed E-state index contributed by atoms with van der Waals surface area (Å²) < 4.78 is 37.4. The minimum absolute atomic E-state index is 0.0305. The van der Waals surface area contributed by atoms with Crippen LogP contribution in [0.5, 0.6) is 5.75 Å². The molecule has 0 radical (unpaired) electrons. The molecule has 0 fully saturated rings. The molecule has 3 heterocycles. The van der Waals surface area contributed by atoms with E-state index < -0.39 is 10.0 Å². The van der Waals surface area contributed by atoms with Gasteiger partial charge in [0.25, 0.3) is 10.0 Å². The van der Waals surface area contributed by atoms with E-state index >= 15 is 0 Å². The number of fused-ring (bicyclic) bond motifs is 1. The van der Waals surface area contributed by atoms with Crippen molar-refractivity contribution < 1.29 is 13.2 Å². The molecule has 0 bridgehead atoms. The second-order valence-electron chi connectivity index (χ2n) is 6.53. The van der Waals surface area contributed by atoms with Crippen molar-refractivity contribution in [3.05, 3.63) is 60.8 Å². The smallest absolute Gasteiger partial charge is 0.281 e. The predicted molar refractivity (Wildman–Crippen MR) is 111 cm³/mol. The maximum atomic E-state index is 12.9. The van der Waals surface area contributed by atoms with Crippen molar-refractivity contribution in [2.45, 2.75) is 25.4 Å². The number of rotatable bonds is 6. The molecule has 0 spiro atoms. The fraction of sp³-hybridized carbons (Fsp3) is 0.200. The van der Waals surface area contributed by atoms with E-state index in [1.165, 1.54) is 13.3 Å². The van der Waals surface area contributed by atoms with Gasteiger partial charge in [0.05, 0.1) is 18.5 Å². The van der Waals surface area contributed by atoms with Crippen molar-refractivity contribution in [1.82, 2.24) is 18.9 Å². The predicted octanol–water partition coefficient (Wildman–Crippen LogP) is 3.34. The number of hydrogen-bond donors (Lipinski definition) is 1. The first kappa shape index (κ1) is 19.0. The van der Waals surface area contributed by atoms with E-state index in [-0.39, 0.29) is 5.03 Å². The van der Waals surface area contributed by atoms with E-state index in [9.17, 15) is 8.42 Å². The van der Waals surface area contributed by atoms with Gasteiger partial charge in [0, 0.05) is 30.7 Å².